The molecule has 9 nitrogen and oxygen atoms in total. The van der Waals surface area contributed by atoms with Crippen LogP contribution in [0.5, 0.6) is 0 Å². The van der Waals surface area contributed by atoms with Gasteiger partial charge in [-0.1, -0.05) is 71.4 Å². The summed E-state index contributed by atoms with van der Waals surface area (Å²) in [5, 5.41) is 11.0. The molecule has 2 aliphatic rings. The number of Topliss-reactive ketones (excluding diaryl/α,β-unsaturated/α-hetero) is 1. The Bertz CT molecular complexity index is 1000. The Hall–Kier alpha value is -3.23. The summed E-state index contributed by atoms with van der Waals surface area (Å²) >= 11 is 0. The number of hydrogen-bond donors (Lipinski definition) is 4. The van der Waals surface area contributed by atoms with Gasteiger partial charge >= 0.3 is 6.03 Å². The number of ketones is 1. The van der Waals surface area contributed by atoms with Crippen molar-refractivity contribution in [2.45, 2.75) is 78.4 Å². The minimum Gasteiger partial charge on any atom is -0.346 e. The maximum Gasteiger partial charge on any atom is 0.315 e. The van der Waals surface area contributed by atoms with Crippen LogP contribution in [0.4, 0.5) is 4.79 Å². The van der Waals surface area contributed by atoms with Gasteiger partial charge in [-0.25, -0.2) is 4.79 Å². The molecule has 1 aliphatic heterocycles. The first kappa shape index (κ1) is 28.3. The lowest BCUT2D eigenvalue weighted by Gasteiger charge is -2.35. The van der Waals surface area contributed by atoms with Crippen LogP contribution in [0.2, 0.25) is 0 Å². The van der Waals surface area contributed by atoms with Crippen LogP contribution >= 0.6 is 0 Å². The molecule has 1 saturated heterocycles. The largest absolute Gasteiger partial charge is 0.346 e. The number of rotatable bonds is 9. The van der Waals surface area contributed by atoms with Crippen molar-refractivity contribution in [1.82, 2.24) is 21.3 Å². The second-order valence-corrected chi connectivity index (χ2v) is 11.0. The zero-order valence-electron chi connectivity index (χ0n) is 22.4. The zero-order chi connectivity index (χ0) is 27.3. The summed E-state index contributed by atoms with van der Waals surface area (Å²) < 4.78 is 0. The van der Waals surface area contributed by atoms with Gasteiger partial charge in [-0.3, -0.25) is 24.5 Å². The molecule has 4 unspecified atom stereocenters. The highest BCUT2D eigenvalue weighted by atomic mass is 16.2. The van der Waals surface area contributed by atoms with Gasteiger partial charge in [0.1, 0.15) is 5.92 Å². The molecule has 0 bridgehead atoms. The number of carbonyl (C=O) groups is 5. The van der Waals surface area contributed by atoms with Gasteiger partial charge in [0.25, 0.3) is 0 Å². The topological polar surface area (TPSA) is 133 Å². The van der Waals surface area contributed by atoms with E-state index in [1.54, 1.807) is 13.8 Å². The van der Waals surface area contributed by atoms with E-state index in [9.17, 15) is 24.0 Å². The second kappa shape index (κ2) is 12.3. The fourth-order valence-electron chi connectivity index (χ4n) is 5.50. The molecular formula is C28H40N4O5. The van der Waals surface area contributed by atoms with Crippen LogP contribution < -0.4 is 21.3 Å². The molecule has 0 radical (unpaired) electrons. The molecule has 3 rings (SSSR count). The van der Waals surface area contributed by atoms with Gasteiger partial charge in [-0.15, -0.1) is 0 Å². The van der Waals surface area contributed by atoms with E-state index in [0.717, 1.165) is 24.8 Å². The summed E-state index contributed by atoms with van der Waals surface area (Å²) in [7, 11) is 0. The Morgan fingerprint density at radius 2 is 1.57 bits per heavy atom. The van der Waals surface area contributed by atoms with Crippen LogP contribution in [-0.4, -0.2) is 41.6 Å². The van der Waals surface area contributed by atoms with Gasteiger partial charge in [0, 0.05) is 6.04 Å². The second-order valence-electron chi connectivity index (χ2n) is 11.0. The summed E-state index contributed by atoms with van der Waals surface area (Å²) in [5.74, 6) is -3.51. The molecule has 1 aromatic carbocycles. The predicted molar refractivity (Wildman–Crippen MR) is 139 cm³/mol. The summed E-state index contributed by atoms with van der Waals surface area (Å²) in [6.45, 7) is 9.36. The zero-order valence-corrected chi connectivity index (χ0v) is 22.4. The van der Waals surface area contributed by atoms with Crippen molar-refractivity contribution >= 4 is 29.5 Å². The molecule has 5 amide bonds. The maximum atomic E-state index is 13.2. The fourth-order valence-corrected chi connectivity index (χ4v) is 5.50. The lowest BCUT2D eigenvalue weighted by molar-refractivity contribution is -0.137. The van der Waals surface area contributed by atoms with Crippen LogP contribution in [0.15, 0.2) is 30.3 Å². The first-order valence-corrected chi connectivity index (χ1v) is 13.3. The first-order valence-electron chi connectivity index (χ1n) is 13.3. The summed E-state index contributed by atoms with van der Waals surface area (Å²) in [5.41, 5.74) is 0.763. The van der Waals surface area contributed by atoms with Crippen molar-refractivity contribution in [2.24, 2.45) is 29.6 Å². The van der Waals surface area contributed by atoms with Crippen molar-refractivity contribution in [3.63, 3.8) is 0 Å². The van der Waals surface area contributed by atoms with Crippen molar-refractivity contribution in [3.05, 3.63) is 35.9 Å². The quantitative estimate of drug-likeness (QED) is 0.298. The third kappa shape index (κ3) is 6.96. The number of hydrogen-bond acceptors (Lipinski definition) is 5. The molecule has 4 N–H and O–H groups in total. The molecule has 1 saturated carbocycles. The Balaban J connectivity index is 1.71. The lowest BCUT2D eigenvalue weighted by atomic mass is 9.79. The van der Waals surface area contributed by atoms with E-state index in [1.807, 2.05) is 30.3 Å². The normalized spacial score (nSPS) is 27.2. The minimum absolute atomic E-state index is 0.0594. The maximum absolute atomic E-state index is 13.2. The number of amides is 5. The van der Waals surface area contributed by atoms with Crippen molar-refractivity contribution < 1.29 is 24.0 Å². The summed E-state index contributed by atoms with van der Waals surface area (Å²) in [4.78, 5) is 63.5. The molecule has 0 aromatic heterocycles. The average molecular weight is 513 g/mol. The molecule has 1 aliphatic carbocycles. The summed E-state index contributed by atoms with van der Waals surface area (Å²) in [6, 6.07) is 7.37. The van der Waals surface area contributed by atoms with E-state index in [-0.39, 0.29) is 24.4 Å². The van der Waals surface area contributed by atoms with E-state index in [2.05, 4.69) is 35.1 Å². The SMILES string of the molecule is CC1CCCC(C)C1NC(=O)NC(CC(=O)N[C@H](C(=O)C1C(=O)NC(=O)[C@H]1C)C(C)C)c1ccccc1. The van der Waals surface area contributed by atoms with Crippen molar-refractivity contribution in [3.8, 4) is 0 Å². The van der Waals surface area contributed by atoms with Gasteiger partial charge in [-0.2, -0.15) is 0 Å². The Labute approximate surface area is 218 Å². The Kier molecular flexibility index (Phi) is 9.45. The van der Waals surface area contributed by atoms with Gasteiger partial charge in [-0.05, 0) is 36.2 Å². The van der Waals surface area contributed by atoms with Crippen LogP contribution in [0.1, 0.15) is 71.9 Å². The highest BCUT2D eigenvalue weighted by Gasteiger charge is 2.46. The van der Waals surface area contributed by atoms with Crippen molar-refractivity contribution in [1.29, 1.82) is 0 Å². The van der Waals surface area contributed by atoms with E-state index in [4.69, 9.17) is 0 Å². The van der Waals surface area contributed by atoms with Crippen LogP contribution in [0.3, 0.4) is 0 Å². The van der Waals surface area contributed by atoms with Gasteiger partial charge in [0.05, 0.1) is 24.4 Å². The molecule has 1 heterocycles. The third-order valence-corrected chi connectivity index (χ3v) is 7.78. The van der Waals surface area contributed by atoms with Gasteiger partial charge in [0.15, 0.2) is 5.78 Å². The van der Waals surface area contributed by atoms with Crippen LogP contribution in [0.25, 0.3) is 0 Å². The molecule has 0 spiro atoms. The Morgan fingerprint density at radius 1 is 0.946 bits per heavy atom. The average Bonchev–Trinajstić information content (AvgIpc) is 3.10. The molecule has 2 fully saturated rings. The standard InChI is InChI=1S/C28H40N4O5/c1-15(2)23(25(34)22-18(5)26(35)32-27(22)36)30-21(33)14-20(19-12-7-6-8-13-19)29-28(37)31-24-16(3)10-9-11-17(24)4/h6-8,12-13,15-18,20,22-24H,9-11,14H2,1-5H3,(H,30,33)(H2,29,31,37)(H,32,35,36)/t16?,17?,18-,20?,22?,23-,24?/m0/s1. The van der Waals surface area contributed by atoms with E-state index >= 15 is 0 Å². The number of imide groups is 1. The smallest absolute Gasteiger partial charge is 0.315 e. The van der Waals surface area contributed by atoms with Gasteiger partial charge < -0.3 is 16.0 Å². The van der Waals surface area contributed by atoms with Gasteiger partial charge in [0.2, 0.25) is 17.7 Å². The predicted octanol–water partition coefficient (Wildman–Crippen LogP) is 2.86. The molecule has 1 aromatic rings. The minimum atomic E-state index is -1.13. The highest BCUT2D eigenvalue weighted by molar-refractivity contribution is 6.16. The highest BCUT2D eigenvalue weighted by Crippen LogP contribution is 2.29. The molecule has 202 valence electrons. The van der Waals surface area contributed by atoms with E-state index in [0.29, 0.717) is 11.8 Å². The Morgan fingerprint density at radius 3 is 2.11 bits per heavy atom. The number of benzene rings is 1. The van der Waals surface area contributed by atoms with E-state index < -0.39 is 47.4 Å². The molecule has 9 heteroatoms. The van der Waals surface area contributed by atoms with Crippen LogP contribution in [0, 0.1) is 29.6 Å². The number of urea groups is 1. The third-order valence-electron chi connectivity index (χ3n) is 7.78. The van der Waals surface area contributed by atoms with Crippen LogP contribution in [-0.2, 0) is 19.2 Å². The number of carbonyl (C=O) groups excluding carboxylic acids is 5. The molecule has 6 atom stereocenters. The molecular weight excluding hydrogens is 472 g/mol. The lowest BCUT2D eigenvalue weighted by Crippen LogP contribution is -2.51. The number of nitrogens with one attached hydrogen (secondary N) is 4. The fraction of sp³-hybridized carbons (Fsp3) is 0.607. The van der Waals surface area contributed by atoms with E-state index in [1.165, 1.54) is 6.92 Å². The summed E-state index contributed by atoms with van der Waals surface area (Å²) in [6.07, 6.45) is 3.19. The van der Waals surface area contributed by atoms with Crippen molar-refractivity contribution in [2.75, 3.05) is 0 Å². The monoisotopic (exact) mass is 512 g/mol. The first-order chi connectivity index (χ1) is 17.5. The molecule has 37 heavy (non-hydrogen) atoms.